The first-order valence-electron chi connectivity index (χ1n) is 6.91. The van der Waals surface area contributed by atoms with Gasteiger partial charge in [-0.1, -0.05) is 6.92 Å². The van der Waals surface area contributed by atoms with Gasteiger partial charge in [0, 0.05) is 24.8 Å². The Morgan fingerprint density at radius 2 is 2.21 bits per heavy atom. The van der Waals surface area contributed by atoms with Crippen LogP contribution in [0.5, 0.6) is 0 Å². The van der Waals surface area contributed by atoms with E-state index in [0.29, 0.717) is 11.5 Å². The first-order chi connectivity index (χ1) is 9.11. The van der Waals surface area contributed by atoms with Crippen molar-refractivity contribution in [3.8, 4) is 0 Å². The van der Waals surface area contributed by atoms with Gasteiger partial charge in [-0.3, -0.25) is 4.90 Å². The molecule has 1 heterocycles. The Hall–Kier alpha value is -1.00. The lowest BCUT2D eigenvalue weighted by Gasteiger charge is -2.27. The Morgan fingerprint density at radius 1 is 1.42 bits per heavy atom. The lowest BCUT2D eigenvalue weighted by molar-refractivity contribution is 0.189. The van der Waals surface area contributed by atoms with E-state index in [4.69, 9.17) is 5.11 Å². The van der Waals surface area contributed by atoms with Gasteiger partial charge in [0.1, 0.15) is 11.6 Å². The average molecular weight is 269 g/mol. The third-order valence-corrected chi connectivity index (χ3v) is 3.85. The van der Waals surface area contributed by atoms with Gasteiger partial charge >= 0.3 is 0 Å². The van der Waals surface area contributed by atoms with Crippen LogP contribution >= 0.6 is 0 Å². The van der Waals surface area contributed by atoms with E-state index in [0.717, 1.165) is 38.4 Å². The lowest BCUT2D eigenvalue weighted by atomic mass is 10.0. The summed E-state index contributed by atoms with van der Waals surface area (Å²) in [6.07, 6.45) is 2.62. The van der Waals surface area contributed by atoms with Crippen LogP contribution in [0.2, 0.25) is 0 Å². The van der Waals surface area contributed by atoms with E-state index in [1.807, 2.05) is 0 Å². The molecule has 0 aromatic heterocycles. The van der Waals surface area contributed by atoms with E-state index in [1.54, 1.807) is 0 Å². The number of hydrogen-bond donors (Lipinski definition) is 1. The van der Waals surface area contributed by atoms with Gasteiger partial charge in [-0.05, 0) is 49.9 Å². The standard InChI is InChI=1S/C15H21F2NO/c1-11(6-8-19)10-18-7-2-3-15(18)13-9-12(16)4-5-14(13)17/h4-5,9,11,15,19H,2-3,6-8,10H2,1H3/t11-,15+/m0/s1. The van der Waals surface area contributed by atoms with Crippen molar-refractivity contribution in [3.05, 3.63) is 35.4 Å². The molecule has 2 atom stereocenters. The summed E-state index contributed by atoms with van der Waals surface area (Å²) < 4.78 is 27.1. The first kappa shape index (κ1) is 14.4. The number of nitrogens with zero attached hydrogens (tertiary/aromatic N) is 1. The Bertz CT molecular complexity index is 425. The van der Waals surface area contributed by atoms with Gasteiger partial charge in [-0.15, -0.1) is 0 Å². The maximum Gasteiger partial charge on any atom is 0.128 e. The van der Waals surface area contributed by atoms with Crippen LogP contribution in [0, 0.1) is 17.6 Å². The summed E-state index contributed by atoms with van der Waals surface area (Å²) in [4.78, 5) is 2.21. The molecule has 1 aromatic carbocycles. The first-order valence-corrected chi connectivity index (χ1v) is 6.91. The number of rotatable bonds is 5. The summed E-state index contributed by atoms with van der Waals surface area (Å²) in [5.41, 5.74) is 0.466. The molecule has 2 nitrogen and oxygen atoms in total. The highest BCUT2D eigenvalue weighted by atomic mass is 19.1. The molecule has 4 heteroatoms. The van der Waals surface area contributed by atoms with Crippen LogP contribution in [0.15, 0.2) is 18.2 Å². The van der Waals surface area contributed by atoms with E-state index >= 15 is 0 Å². The number of halogens is 2. The number of benzene rings is 1. The topological polar surface area (TPSA) is 23.5 Å². The average Bonchev–Trinajstić information content (AvgIpc) is 2.80. The zero-order chi connectivity index (χ0) is 13.8. The normalized spacial score (nSPS) is 21.8. The van der Waals surface area contributed by atoms with Crippen LogP contribution in [0.3, 0.4) is 0 Å². The van der Waals surface area contributed by atoms with Crippen molar-refractivity contribution >= 4 is 0 Å². The van der Waals surface area contributed by atoms with E-state index < -0.39 is 0 Å². The maximum atomic E-state index is 13.8. The molecule has 0 bridgehead atoms. The molecule has 0 aliphatic carbocycles. The van der Waals surface area contributed by atoms with Crippen molar-refractivity contribution in [2.75, 3.05) is 19.7 Å². The molecule has 1 N–H and O–H groups in total. The minimum absolute atomic E-state index is 0.0307. The van der Waals surface area contributed by atoms with Gasteiger partial charge in [0.05, 0.1) is 0 Å². The van der Waals surface area contributed by atoms with Crippen LogP contribution in [-0.2, 0) is 0 Å². The van der Waals surface area contributed by atoms with Gasteiger partial charge < -0.3 is 5.11 Å². The maximum absolute atomic E-state index is 13.8. The monoisotopic (exact) mass is 269 g/mol. The second kappa shape index (κ2) is 6.44. The molecule has 1 saturated heterocycles. The van der Waals surface area contributed by atoms with Crippen molar-refractivity contribution in [2.45, 2.75) is 32.2 Å². The minimum atomic E-state index is -0.383. The summed E-state index contributed by atoms with van der Waals surface area (Å²) in [6.45, 7) is 3.99. The van der Waals surface area contributed by atoms with Crippen LogP contribution in [-0.4, -0.2) is 29.7 Å². The second-order valence-electron chi connectivity index (χ2n) is 5.44. The molecule has 106 valence electrons. The number of hydrogen-bond acceptors (Lipinski definition) is 2. The van der Waals surface area contributed by atoms with Gasteiger partial charge in [-0.25, -0.2) is 8.78 Å². The third-order valence-electron chi connectivity index (χ3n) is 3.85. The van der Waals surface area contributed by atoms with Crippen LogP contribution in [0.4, 0.5) is 8.78 Å². The number of likely N-dealkylation sites (tertiary alicyclic amines) is 1. The van der Waals surface area contributed by atoms with E-state index in [9.17, 15) is 8.78 Å². The largest absolute Gasteiger partial charge is 0.396 e. The van der Waals surface area contributed by atoms with Crippen LogP contribution in [0.1, 0.15) is 37.8 Å². The van der Waals surface area contributed by atoms with E-state index in [-0.39, 0.29) is 24.3 Å². The molecule has 0 amide bonds. The second-order valence-corrected chi connectivity index (χ2v) is 5.44. The van der Waals surface area contributed by atoms with Crippen molar-refractivity contribution in [1.29, 1.82) is 0 Å². The van der Waals surface area contributed by atoms with Crippen molar-refractivity contribution < 1.29 is 13.9 Å². The van der Waals surface area contributed by atoms with Gasteiger partial charge in [-0.2, -0.15) is 0 Å². The molecular formula is C15H21F2NO. The highest BCUT2D eigenvalue weighted by molar-refractivity contribution is 5.23. The third kappa shape index (κ3) is 3.51. The molecular weight excluding hydrogens is 248 g/mol. The SMILES string of the molecule is C[C@@H](CCO)CN1CCC[C@@H]1c1cc(F)ccc1F. The lowest BCUT2D eigenvalue weighted by Crippen LogP contribution is -2.29. The molecule has 0 spiro atoms. The quantitative estimate of drug-likeness (QED) is 0.887. The predicted molar refractivity (Wildman–Crippen MR) is 70.8 cm³/mol. The van der Waals surface area contributed by atoms with Crippen molar-refractivity contribution in [1.82, 2.24) is 4.90 Å². The summed E-state index contributed by atoms with van der Waals surface area (Å²) in [5.74, 6) is -0.345. The predicted octanol–water partition coefficient (Wildman–Crippen LogP) is 3.12. The Kier molecular flexibility index (Phi) is 4.88. The van der Waals surface area contributed by atoms with Crippen LogP contribution < -0.4 is 0 Å². The summed E-state index contributed by atoms with van der Waals surface area (Å²) in [6, 6.07) is 3.65. The van der Waals surface area contributed by atoms with Crippen molar-refractivity contribution in [3.63, 3.8) is 0 Å². The molecule has 1 fully saturated rings. The fraction of sp³-hybridized carbons (Fsp3) is 0.600. The summed E-state index contributed by atoms with van der Waals surface area (Å²) >= 11 is 0. The summed E-state index contributed by atoms with van der Waals surface area (Å²) in [5, 5.41) is 8.95. The zero-order valence-electron chi connectivity index (χ0n) is 11.3. The summed E-state index contributed by atoms with van der Waals surface area (Å²) in [7, 11) is 0. The molecule has 2 rings (SSSR count). The van der Waals surface area contributed by atoms with Gasteiger partial charge in [0.15, 0.2) is 0 Å². The molecule has 0 unspecified atom stereocenters. The number of aliphatic hydroxyl groups is 1. The molecule has 1 aliphatic rings. The zero-order valence-corrected chi connectivity index (χ0v) is 11.3. The molecule has 0 radical (unpaired) electrons. The molecule has 0 saturated carbocycles. The number of aliphatic hydroxyl groups excluding tert-OH is 1. The fourth-order valence-corrected chi connectivity index (χ4v) is 2.88. The van der Waals surface area contributed by atoms with Crippen LogP contribution in [0.25, 0.3) is 0 Å². The Labute approximate surface area is 113 Å². The highest BCUT2D eigenvalue weighted by Crippen LogP contribution is 2.34. The minimum Gasteiger partial charge on any atom is -0.396 e. The molecule has 1 aromatic rings. The Balaban J connectivity index is 2.11. The fourth-order valence-electron chi connectivity index (χ4n) is 2.88. The van der Waals surface area contributed by atoms with E-state index in [2.05, 4.69) is 11.8 Å². The Morgan fingerprint density at radius 3 is 2.95 bits per heavy atom. The van der Waals surface area contributed by atoms with E-state index in [1.165, 1.54) is 12.1 Å². The highest BCUT2D eigenvalue weighted by Gasteiger charge is 2.29. The van der Waals surface area contributed by atoms with Gasteiger partial charge in [0.2, 0.25) is 0 Å². The van der Waals surface area contributed by atoms with Crippen molar-refractivity contribution in [2.24, 2.45) is 5.92 Å². The smallest absolute Gasteiger partial charge is 0.128 e. The molecule has 19 heavy (non-hydrogen) atoms. The van der Waals surface area contributed by atoms with Gasteiger partial charge in [0.25, 0.3) is 0 Å². The molecule has 1 aliphatic heterocycles.